The van der Waals surface area contributed by atoms with Gasteiger partial charge in [-0.05, 0) is 25.0 Å². The van der Waals surface area contributed by atoms with E-state index in [9.17, 15) is 4.79 Å². The van der Waals surface area contributed by atoms with Crippen molar-refractivity contribution < 1.29 is 9.21 Å². The van der Waals surface area contributed by atoms with Gasteiger partial charge < -0.3 is 15.5 Å². The molecule has 1 unspecified atom stereocenters. The number of carbonyl (C=O) groups is 1. The lowest BCUT2D eigenvalue weighted by atomic mass is 10.0. The van der Waals surface area contributed by atoms with Gasteiger partial charge in [-0.25, -0.2) is 0 Å². The second kappa shape index (κ2) is 7.24. The Morgan fingerprint density at radius 1 is 1.43 bits per heavy atom. The van der Waals surface area contributed by atoms with E-state index in [0.717, 1.165) is 11.1 Å². The first-order valence-electron chi connectivity index (χ1n) is 6.60. The molecule has 0 spiro atoms. The number of thioether (sulfide) groups is 1. The van der Waals surface area contributed by atoms with Gasteiger partial charge in [-0.15, -0.1) is 10.2 Å². The molecule has 0 fully saturated rings. The molecule has 1 aromatic carbocycles. The lowest BCUT2D eigenvalue weighted by Crippen LogP contribution is -2.28. The molecular weight excluding hydrogens is 288 g/mol. The van der Waals surface area contributed by atoms with Crippen LogP contribution in [0.4, 0.5) is 0 Å². The van der Waals surface area contributed by atoms with Crippen LogP contribution in [0.1, 0.15) is 30.0 Å². The zero-order valence-corrected chi connectivity index (χ0v) is 12.8. The molecule has 0 aliphatic carbocycles. The molecule has 2 rings (SSSR count). The van der Waals surface area contributed by atoms with Gasteiger partial charge in [0.25, 0.3) is 5.22 Å². The van der Waals surface area contributed by atoms with Crippen LogP contribution in [-0.4, -0.2) is 21.9 Å². The largest absolute Gasteiger partial charge is 0.415 e. The quantitative estimate of drug-likeness (QED) is 0.790. The van der Waals surface area contributed by atoms with E-state index in [-0.39, 0.29) is 24.2 Å². The van der Waals surface area contributed by atoms with Crippen molar-refractivity contribution in [1.82, 2.24) is 15.5 Å². The van der Waals surface area contributed by atoms with Gasteiger partial charge in [-0.3, -0.25) is 4.79 Å². The molecule has 2 aromatic rings. The van der Waals surface area contributed by atoms with Crippen molar-refractivity contribution in [2.24, 2.45) is 5.73 Å². The van der Waals surface area contributed by atoms with Gasteiger partial charge in [-0.2, -0.15) is 0 Å². The van der Waals surface area contributed by atoms with Gasteiger partial charge in [0.2, 0.25) is 11.8 Å². The highest BCUT2D eigenvalue weighted by atomic mass is 32.2. The summed E-state index contributed by atoms with van der Waals surface area (Å²) in [6.45, 7) is 4.19. The third-order valence-corrected chi connectivity index (χ3v) is 3.80. The van der Waals surface area contributed by atoms with Crippen LogP contribution in [0.25, 0.3) is 0 Å². The highest BCUT2D eigenvalue weighted by Crippen LogP contribution is 2.18. The SMILES string of the molecule is Cc1ccccc1C(C)NC(=O)CSc1nnc(CN)o1. The number of rotatable bonds is 6. The number of aromatic nitrogens is 2. The number of hydrogen-bond donors (Lipinski definition) is 2. The van der Waals surface area contributed by atoms with Crippen molar-refractivity contribution in [3.8, 4) is 0 Å². The summed E-state index contributed by atoms with van der Waals surface area (Å²) in [7, 11) is 0. The van der Waals surface area contributed by atoms with Crippen molar-refractivity contribution >= 4 is 17.7 Å². The summed E-state index contributed by atoms with van der Waals surface area (Å²) in [6.07, 6.45) is 0. The van der Waals surface area contributed by atoms with Crippen LogP contribution in [0.3, 0.4) is 0 Å². The minimum atomic E-state index is -0.0803. The summed E-state index contributed by atoms with van der Waals surface area (Å²) in [5.41, 5.74) is 7.64. The van der Waals surface area contributed by atoms with Crippen LogP contribution in [0.2, 0.25) is 0 Å². The lowest BCUT2D eigenvalue weighted by molar-refractivity contribution is -0.119. The molecule has 0 saturated carbocycles. The van der Waals surface area contributed by atoms with Crippen LogP contribution in [0, 0.1) is 6.92 Å². The predicted molar refractivity (Wildman–Crippen MR) is 80.7 cm³/mol. The highest BCUT2D eigenvalue weighted by molar-refractivity contribution is 7.99. The molecular formula is C14H18N4O2S. The molecule has 21 heavy (non-hydrogen) atoms. The minimum Gasteiger partial charge on any atom is -0.415 e. The number of amides is 1. The van der Waals surface area contributed by atoms with Crippen molar-refractivity contribution in [3.05, 3.63) is 41.3 Å². The van der Waals surface area contributed by atoms with E-state index < -0.39 is 0 Å². The highest BCUT2D eigenvalue weighted by Gasteiger charge is 2.13. The first-order valence-corrected chi connectivity index (χ1v) is 7.59. The Morgan fingerprint density at radius 3 is 2.86 bits per heavy atom. The Labute approximate surface area is 127 Å². The van der Waals surface area contributed by atoms with Gasteiger partial charge in [-0.1, -0.05) is 36.0 Å². The number of nitrogens with one attached hydrogen (secondary N) is 1. The normalized spacial score (nSPS) is 12.1. The molecule has 6 nitrogen and oxygen atoms in total. The Balaban J connectivity index is 1.85. The monoisotopic (exact) mass is 306 g/mol. The smallest absolute Gasteiger partial charge is 0.277 e. The topological polar surface area (TPSA) is 94.0 Å². The lowest BCUT2D eigenvalue weighted by Gasteiger charge is -2.16. The van der Waals surface area contributed by atoms with Crippen LogP contribution in [0.15, 0.2) is 33.9 Å². The van der Waals surface area contributed by atoms with Gasteiger partial charge in [0, 0.05) is 0 Å². The Bertz CT molecular complexity index is 615. The zero-order chi connectivity index (χ0) is 15.2. The number of benzene rings is 1. The molecule has 0 radical (unpaired) electrons. The van der Waals surface area contributed by atoms with Crippen LogP contribution in [0.5, 0.6) is 0 Å². The molecule has 0 saturated heterocycles. The van der Waals surface area contributed by atoms with E-state index in [1.165, 1.54) is 11.8 Å². The number of hydrogen-bond acceptors (Lipinski definition) is 6. The molecule has 112 valence electrons. The van der Waals surface area contributed by atoms with Gasteiger partial charge >= 0.3 is 0 Å². The minimum absolute atomic E-state index is 0.0402. The summed E-state index contributed by atoms with van der Waals surface area (Å²) in [4.78, 5) is 11.9. The molecule has 0 aliphatic heterocycles. The Hall–Kier alpha value is -1.86. The maximum atomic E-state index is 11.9. The molecule has 1 heterocycles. The average molecular weight is 306 g/mol. The fourth-order valence-corrected chi connectivity index (χ4v) is 2.53. The third kappa shape index (κ3) is 4.30. The van der Waals surface area contributed by atoms with Crippen LogP contribution in [-0.2, 0) is 11.3 Å². The van der Waals surface area contributed by atoms with E-state index in [1.807, 2.05) is 38.1 Å². The van der Waals surface area contributed by atoms with Crippen molar-refractivity contribution in [1.29, 1.82) is 0 Å². The van der Waals surface area contributed by atoms with Crippen LogP contribution >= 0.6 is 11.8 Å². The molecule has 7 heteroatoms. The third-order valence-electron chi connectivity index (χ3n) is 2.98. The van der Waals surface area contributed by atoms with E-state index in [1.54, 1.807) is 0 Å². The summed E-state index contributed by atoms with van der Waals surface area (Å²) >= 11 is 1.20. The Kier molecular flexibility index (Phi) is 5.35. The maximum absolute atomic E-state index is 11.9. The number of nitrogens with zero attached hydrogens (tertiary/aromatic N) is 2. The summed E-state index contributed by atoms with van der Waals surface area (Å²) in [5, 5.41) is 10.8. The van der Waals surface area contributed by atoms with Crippen LogP contribution < -0.4 is 11.1 Å². The van der Waals surface area contributed by atoms with E-state index in [0.29, 0.717) is 11.1 Å². The second-order valence-corrected chi connectivity index (χ2v) is 5.53. The summed E-state index contributed by atoms with van der Waals surface area (Å²) in [5.74, 6) is 0.511. The number of carbonyl (C=O) groups excluding carboxylic acids is 1. The van der Waals surface area contributed by atoms with E-state index in [4.69, 9.17) is 10.2 Å². The van der Waals surface area contributed by atoms with Gasteiger partial charge in [0.1, 0.15) is 0 Å². The first kappa shape index (κ1) is 15.5. The molecule has 1 aromatic heterocycles. The zero-order valence-electron chi connectivity index (χ0n) is 12.0. The van der Waals surface area contributed by atoms with E-state index >= 15 is 0 Å². The Morgan fingerprint density at radius 2 is 2.19 bits per heavy atom. The first-order chi connectivity index (χ1) is 10.1. The van der Waals surface area contributed by atoms with E-state index in [2.05, 4.69) is 15.5 Å². The number of aryl methyl sites for hydroxylation is 1. The fourth-order valence-electron chi connectivity index (χ4n) is 1.94. The van der Waals surface area contributed by atoms with Crippen molar-refractivity contribution in [2.45, 2.75) is 31.7 Å². The molecule has 3 N–H and O–H groups in total. The second-order valence-electron chi connectivity index (χ2n) is 4.60. The number of nitrogens with two attached hydrogens (primary N) is 1. The standard InChI is InChI=1S/C14H18N4O2S/c1-9-5-3-4-6-11(9)10(2)16-12(19)8-21-14-18-17-13(7-15)20-14/h3-6,10H,7-8,15H2,1-2H3,(H,16,19). The fraction of sp³-hybridized carbons (Fsp3) is 0.357. The summed E-state index contributed by atoms with van der Waals surface area (Å²) < 4.78 is 5.23. The van der Waals surface area contributed by atoms with Gasteiger partial charge in [0.15, 0.2) is 0 Å². The van der Waals surface area contributed by atoms with Crippen molar-refractivity contribution in [2.75, 3.05) is 5.75 Å². The summed E-state index contributed by atoms with van der Waals surface area (Å²) in [6, 6.07) is 7.94. The predicted octanol–water partition coefficient (Wildman–Crippen LogP) is 1.81. The molecule has 1 amide bonds. The van der Waals surface area contributed by atoms with Crippen molar-refractivity contribution in [3.63, 3.8) is 0 Å². The molecule has 1 atom stereocenters. The molecule has 0 bridgehead atoms. The maximum Gasteiger partial charge on any atom is 0.277 e. The molecule has 0 aliphatic rings. The van der Waals surface area contributed by atoms with Gasteiger partial charge in [0.05, 0.1) is 18.3 Å². The average Bonchev–Trinajstić information content (AvgIpc) is 2.93.